The van der Waals surface area contributed by atoms with Crippen LogP contribution in [0.1, 0.15) is 44.7 Å². The van der Waals surface area contributed by atoms with E-state index < -0.39 is 0 Å². The van der Waals surface area contributed by atoms with Gasteiger partial charge >= 0.3 is 0 Å². The van der Waals surface area contributed by atoms with Crippen LogP contribution in [0.15, 0.2) is 30.5 Å². The molecular weight excluding hydrogens is 246 g/mol. The van der Waals surface area contributed by atoms with Crippen molar-refractivity contribution in [2.75, 3.05) is 0 Å². The molecule has 0 spiro atoms. The SMILES string of the molecule is CC(NCc1cnc2ccccc2n1)C1CCCCC1. The van der Waals surface area contributed by atoms with E-state index in [1.54, 1.807) is 0 Å². The molecule has 20 heavy (non-hydrogen) atoms. The summed E-state index contributed by atoms with van der Waals surface area (Å²) in [6, 6.07) is 8.61. The molecule has 3 rings (SSSR count). The predicted molar refractivity (Wildman–Crippen MR) is 82.4 cm³/mol. The Morgan fingerprint density at radius 1 is 1.15 bits per heavy atom. The van der Waals surface area contributed by atoms with E-state index in [9.17, 15) is 0 Å². The molecular formula is C17H23N3. The van der Waals surface area contributed by atoms with Crippen molar-refractivity contribution >= 4 is 11.0 Å². The van der Waals surface area contributed by atoms with Crippen LogP contribution in [-0.4, -0.2) is 16.0 Å². The number of rotatable bonds is 4. The zero-order chi connectivity index (χ0) is 13.8. The Bertz CT molecular complexity index is 561. The molecule has 1 saturated carbocycles. The number of fused-ring (bicyclic) bond motifs is 1. The van der Waals surface area contributed by atoms with E-state index in [0.717, 1.165) is 29.2 Å². The number of para-hydroxylation sites is 2. The lowest BCUT2D eigenvalue weighted by Gasteiger charge is -2.28. The van der Waals surface area contributed by atoms with Crippen molar-refractivity contribution in [3.05, 3.63) is 36.2 Å². The summed E-state index contributed by atoms with van der Waals surface area (Å²) >= 11 is 0. The van der Waals surface area contributed by atoms with Gasteiger partial charge in [0.05, 0.1) is 22.9 Å². The lowest BCUT2D eigenvalue weighted by Crippen LogP contribution is -2.34. The predicted octanol–water partition coefficient (Wildman–Crippen LogP) is 3.69. The maximum Gasteiger partial charge on any atom is 0.0890 e. The molecule has 1 aliphatic carbocycles. The van der Waals surface area contributed by atoms with Gasteiger partial charge in [0.1, 0.15) is 0 Å². The Labute approximate surface area is 120 Å². The normalized spacial score (nSPS) is 18.2. The fraction of sp³-hybridized carbons (Fsp3) is 0.529. The van der Waals surface area contributed by atoms with Crippen LogP contribution >= 0.6 is 0 Å². The third-order valence-corrected chi connectivity index (χ3v) is 4.46. The lowest BCUT2D eigenvalue weighted by atomic mass is 9.84. The Morgan fingerprint density at radius 3 is 2.70 bits per heavy atom. The van der Waals surface area contributed by atoms with Crippen LogP contribution in [-0.2, 0) is 6.54 Å². The molecule has 1 aromatic carbocycles. The Hall–Kier alpha value is -1.48. The van der Waals surface area contributed by atoms with Crippen molar-refractivity contribution in [1.82, 2.24) is 15.3 Å². The van der Waals surface area contributed by atoms with Gasteiger partial charge in [0.25, 0.3) is 0 Å². The largest absolute Gasteiger partial charge is 0.308 e. The minimum Gasteiger partial charge on any atom is -0.308 e. The van der Waals surface area contributed by atoms with Gasteiger partial charge < -0.3 is 5.32 Å². The van der Waals surface area contributed by atoms with Crippen LogP contribution < -0.4 is 5.32 Å². The van der Waals surface area contributed by atoms with Crippen LogP contribution in [0.3, 0.4) is 0 Å². The second kappa shape index (κ2) is 6.31. The van der Waals surface area contributed by atoms with E-state index in [0.29, 0.717) is 6.04 Å². The number of nitrogens with one attached hydrogen (secondary N) is 1. The third-order valence-electron chi connectivity index (χ3n) is 4.46. The summed E-state index contributed by atoms with van der Waals surface area (Å²) < 4.78 is 0. The Morgan fingerprint density at radius 2 is 1.90 bits per heavy atom. The Kier molecular flexibility index (Phi) is 4.26. The molecule has 1 unspecified atom stereocenters. The molecule has 0 amide bonds. The number of benzene rings is 1. The zero-order valence-electron chi connectivity index (χ0n) is 12.2. The first kappa shape index (κ1) is 13.5. The highest BCUT2D eigenvalue weighted by atomic mass is 14.9. The summed E-state index contributed by atoms with van der Waals surface area (Å²) in [7, 11) is 0. The van der Waals surface area contributed by atoms with Gasteiger partial charge in [0.15, 0.2) is 0 Å². The molecule has 106 valence electrons. The van der Waals surface area contributed by atoms with Crippen molar-refractivity contribution in [3.63, 3.8) is 0 Å². The standard InChI is InChI=1S/C17H23N3/c1-13(14-7-3-2-4-8-14)18-11-15-12-19-16-9-5-6-10-17(16)20-15/h5-6,9-10,12-14,18H,2-4,7-8,11H2,1H3. The maximum absolute atomic E-state index is 4.67. The molecule has 1 aromatic heterocycles. The van der Waals surface area contributed by atoms with E-state index in [2.05, 4.69) is 22.2 Å². The first-order valence-corrected chi connectivity index (χ1v) is 7.77. The molecule has 3 heteroatoms. The van der Waals surface area contributed by atoms with Crippen LogP contribution in [0.25, 0.3) is 11.0 Å². The number of nitrogens with zero attached hydrogens (tertiary/aromatic N) is 2. The average Bonchev–Trinajstić information content (AvgIpc) is 2.53. The summed E-state index contributed by atoms with van der Waals surface area (Å²) in [6.07, 6.45) is 8.84. The topological polar surface area (TPSA) is 37.8 Å². The van der Waals surface area contributed by atoms with Crippen molar-refractivity contribution in [3.8, 4) is 0 Å². The molecule has 1 aliphatic rings. The van der Waals surface area contributed by atoms with Gasteiger partial charge in [-0.2, -0.15) is 0 Å². The zero-order valence-corrected chi connectivity index (χ0v) is 12.2. The molecule has 2 aromatic rings. The average molecular weight is 269 g/mol. The minimum absolute atomic E-state index is 0.573. The van der Waals surface area contributed by atoms with Crippen LogP contribution in [0.2, 0.25) is 0 Å². The molecule has 0 saturated heterocycles. The van der Waals surface area contributed by atoms with E-state index in [4.69, 9.17) is 0 Å². The molecule has 1 atom stereocenters. The summed E-state index contributed by atoms with van der Waals surface area (Å²) in [4.78, 5) is 9.14. The van der Waals surface area contributed by atoms with Gasteiger partial charge in [0.2, 0.25) is 0 Å². The lowest BCUT2D eigenvalue weighted by molar-refractivity contribution is 0.280. The van der Waals surface area contributed by atoms with Gasteiger partial charge in [-0.3, -0.25) is 4.98 Å². The Balaban J connectivity index is 1.61. The monoisotopic (exact) mass is 269 g/mol. The van der Waals surface area contributed by atoms with Gasteiger partial charge in [0, 0.05) is 12.6 Å². The quantitative estimate of drug-likeness (QED) is 0.920. The van der Waals surface area contributed by atoms with Crippen molar-refractivity contribution in [1.29, 1.82) is 0 Å². The highest BCUT2D eigenvalue weighted by molar-refractivity contribution is 5.73. The minimum atomic E-state index is 0.573. The highest BCUT2D eigenvalue weighted by Crippen LogP contribution is 2.26. The fourth-order valence-electron chi connectivity index (χ4n) is 3.15. The van der Waals surface area contributed by atoms with E-state index in [1.165, 1.54) is 32.1 Å². The van der Waals surface area contributed by atoms with E-state index in [1.807, 2.05) is 30.5 Å². The highest BCUT2D eigenvalue weighted by Gasteiger charge is 2.19. The number of hydrogen-bond acceptors (Lipinski definition) is 3. The molecule has 0 aliphatic heterocycles. The summed E-state index contributed by atoms with van der Waals surface area (Å²) in [5.74, 6) is 0.831. The molecule has 3 nitrogen and oxygen atoms in total. The van der Waals surface area contributed by atoms with Crippen molar-refractivity contribution in [2.24, 2.45) is 5.92 Å². The maximum atomic E-state index is 4.67. The van der Waals surface area contributed by atoms with Gasteiger partial charge in [-0.1, -0.05) is 31.4 Å². The molecule has 0 bridgehead atoms. The fourth-order valence-corrected chi connectivity index (χ4v) is 3.15. The molecule has 1 heterocycles. The summed E-state index contributed by atoms with van der Waals surface area (Å²) in [5.41, 5.74) is 2.99. The smallest absolute Gasteiger partial charge is 0.0890 e. The molecule has 1 N–H and O–H groups in total. The molecule has 0 radical (unpaired) electrons. The second-order valence-corrected chi connectivity index (χ2v) is 5.92. The van der Waals surface area contributed by atoms with Gasteiger partial charge in [-0.15, -0.1) is 0 Å². The molecule has 1 fully saturated rings. The van der Waals surface area contributed by atoms with Crippen LogP contribution in [0.4, 0.5) is 0 Å². The van der Waals surface area contributed by atoms with Gasteiger partial charge in [-0.05, 0) is 37.8 Å². The van der Waals surface area contributed by atoms with Crippen molar-refractivity contribution in [2.45, 2.75) is 51.6 Å². The first-order chi connectivity index (χ1) is 9.83. The number of hydrogen-bond donors (Lipinski definition) is 1. The first-order valence-electron chi connectivity index (χ1n) is 7.77. The van der Waals surface area contributed by atoms with Crippen LogP contribution in [0.5, 0.6) is 0 Å². The van der Waals surface area contributed by atoms with E-state index >= 15 is 0 Å². The second-order valence-electron chi connectivity index (χ2n) is 5.92. The third kappa shape index (κ3) is 3.15. The van der Waals surface area contributed by atoms with Gasteiger partial charge in [-0.25, -0.2) is 4.98 Å². The summed E-state index contributed by atoms with van der Waals surface area (Å²) in [6.45, 7) is 3.12. The van der Waals surface area contributed by atoms with E-state index in [-0.39, 0.29) is 0 Å². The van der Waals surface area contributed by atoms with Crippen LogP contribution in [0, 0.1) is 5.92 Å². The van der Waals surface area contributed by atoms with Crippen molar-refractivity contribution < 1.29 is 0 Å². The number of aromatic nitrogens is 2. The summed E-state index contributed by atoms with van der Waals surface area (Å²) in [5, 5.41) is 3.63.